The molecule has 0 unspecified atom stereocenters. The Kier molecular flexibility index (Phi) is 6.84. The summed E-state index contributed by atoms with van der Waals surface area (Å²) in [5, 5.41) is 14.7. The van der Waals surface area contributed by atoms with Gasteiger partial charge in [0.25, 0.3) is 0 Å². The molecule has 0 bridgehead atoms. The molecule has 24 heavy (non-hydrogen) atoms. The van der Waals surface area contributed by atoms with Crippen molar-refractivity contribution in [2.24, 2.45) is 11.8 Å². The predicted octanol–water partition coefficient (Wildman–Crippen LogP) is 2.93. The molecule has 0 radical (unpaired) electrons. The number of aliphatic hydroxyl groups is 1. The van der Waals surface area contributed by atoms with Gasteiger partial charge in [0.1, 0.15) is 0 Å². The van der Waals surface area contributed by atoms with E-state index in [9.17, 15) is 9.90 Å². The van der Waals surface area contributed by atoms with Crippen LogP contribution in [0, 0.1) is 25.7 Å². The number of amides is 1. The molecule has 1 aliphatic rings. The normalized spacial score (nSPS) is 17.5. The maximum atomic E-state index is 12.4. The summed E-state index contributed by atoms with van der Waals surface area (Å²) in [5.74, 6) is 1.12. The molecule has 0 saturated carbocycles. The zero-order valence-corrected chi connectivity index (χ0v) is 15.7. The van der Waals surface area contributed by atoms with Crippen molar-refractivity contribution >= 4 is 5.91 Å². The van der Waals surface area contributed by atoms with Crippen molar-refractivity contribution in [2.45, 2.75) is 72.4 Å². The third-order valence-corrected chi connectivity index (χ3v) is 5.01. The van der Waals surface area contributed by atoms with Gasteiger partial charge in [0.15, 0.2) is 0 Å². The zero-order chi connectivity index (χ0) is 17.7. The summed E-state index contributed by atoms with van der Waals surface area (Å²) < 4.78 is 1.98. The average Bonchev–Trinajstić information content (AvgIpc) is 2.84. The molecule has 0 aliphatic carbocycles. The van der Waals surface area contributed by atoms with Crippen molar-refractivity contribution in [2.75, 3.05) is 13.1 Å². The second-order valence-electron chi connectivity index (χ2n) is 7.67. The largest absolute Gasteiger partial charge is 0.393 e. The minimum atomic E-state index is -0.215. The van der Waals surface area contributed by atoms with E-state index >= 15 is 0 Å². The van der Waals surface area contributed by atoms with E-state index in [1.54, 1.807) is 0 Å². The number of rotatable bonds is 7. The van der Waals surface area contributed by atoms with Gasteiger partial charge in [-0.2, -0.15) is 5.10 Å². The number of carbonyl (C=O) groups excluding carboxylic acids is 1. The van der Waals surface area contributed by atoms with Gasteiger partial charge in [-0.3, -0.25) is 9.48 Å². The smallest absolute Gasteiger partial charge is 0.222 e. The maximum absolute atomic E-state index is 12.4. The first kappa shape index (κ1) is 19.0. The van der Waals surface area contributed by atoms with Gasteiger partial charge in [0.2, 0.25) is 5.91 Å². The number of hydrogen-bond donors (Lipinski definition) is 1. The van der Waals surface area contributed by atoms with Crippen LogP contribution in [0.3, 0.4) is 0 Å². The second-order valence-corrected chi connectivity index (χ2v) is 7.67. The van der Waals surface area contributed by atoms with Crippen LogP contribution in [-0.4, -0.2) is 44.9 Å². The molecule has 5 nitrogen and oxygen atoms in total. The second kappa shape index (κ2) is 8.65. The van der Waals surface area contributed by atoms with Gasteiger partial charge in [-0.15, -0.1) is 0 Å². The van der Waals surface area contributed by atoms with Gasteiger partial charge in [0.05, 0.1) is 11.8 Å². The fourth-order valence-electron chi connectivity index (χ4n) is 3.65. The van der Waals surface area contributed by atoms with Gasteiger partial charge >= 0.3 is 0 Å². The number of carbonyl (C=O) groups is 1. The van der Waals surface area contributed by atoms with E-state index in [4.69, 9.17) is 0 Å². The molecule has 1 N–H and O–H groups in total. The lowest BCUT2D eigenvalue weighted by molar-refractivity contribution is -0.133. The summed E-state index contributed by atoms with van der Waals surface area (Å²) in [4.78, 5) is 14.3. The third kappa shape index (κ3) is 5.33. The Morgan fingerprint density at radius 1 is 1.33 bits per heavy atom. The lowest BCUT2D eigenvalue weighted by Gasteiger charge is -2.34. The van der Waals surface area contributed by atoms with Gasteiger partial charge in [-0.25, -0.2) is 0 Å². The van der Waals surface area contributed by atoms with E-state index in [1.807, 2.05) is 16.5 Å². The van der Waals surface area contributed by atoms with Crippen molar-refractivity contribution in [3.05, 3.63) is 17.5 Å². The van der Waals surface area contributed by atoms with Crippen molar-refractivity contribution in [1.29, 1.82) is 0 Å². The number of hydrogen-bond acceptors (Lipinski definition) is 3. The number of aliphatic hydroxyl groups excluding tert-OH is 1. The molecule has 0 spiro atoms. The van der Waals surface area contributed by atoms with E-state index in [-0.39, 0.29) is 12.0 Å². The number of likely N-dealkylation sites (tertiary alicyclic amines) is 1. The molecule has 2 rings (SSSR count). The Hall–Kier alpha value is -1.36. The van der Waals surface area contributed by atoms with Crippen LogP contribution < -0.4 is 0 Å². The topological polar surface area (TPSA) is 58.4 Å². The first-order chi connectivity index (χ1) is 11.4. The first-order valence-corrected chi connectivity index (χ1v) is 9.33. The molecule has 2 heterocycles. The highest BCUT2D eigenvalue weighted by molar-refractivity contribution is 5.76. The van der Waals surface area contributed by atoms with E-state index in [2.05, 4.69) is 31.9 Å². The van der Waals surface area contributed by atoms with Crippen molar-refractivity contribution in [3.63, 3.8) is 0 Å². The summed E-state index contributed by atoms with van der Waals surface area (Å²) in [6.07, 6.45) is 3.91. The molecule has 1 amide bonds. The minimum absolute atomic E-state index is 0.215. The zero-order valence-electron chi connectivity index (χ0n) is 15.7. The molecule has 1 atom stereocenters. The van der Waals surface area contributed by atoms with Gasteiger partial charge < -0.3 is 10.0 Å². The highest BCUT2D eigenvalue weighted by Crippen LogP contribution is 2.25. The van der Waals surface area contributed by atoms with Crippen LogP contribution in [0.1, 0.15) is 57.3 Å². The van der Waals surface area contributed by atoms with E-state index < -0.39 is 0 Å². The molecular formula is C19H33N3O2. The summed E-state index contributed by atoms with van der Waals surface area (Å²) in [7, 11) is 0. The molecule has 136 valence electrons. The first-order valence-electron chi connectivity index (χ1n) is 9.33. The number of aromatic nitrogens is 2. The van der Waals surface area contributed by atoms with Crippen LogP contribution in [0.15, 0.2) is 6.07 Å². The Morgan fingerprint density at radius 2 is 2.00 bits per heavy atom. The quantitative estimate of drug-likeness (QED) is 0.833. The summed E-state index contributed by atoms with van der Waals surface area (Å²) >= 11 is 0. The number of piperidine rings is 1. The van der Waals surface area contributed by atoms with Gasteiger partial charge in [-0.1, -0.05) is 13.8 Å². The fourth-order valence-corrected chi connectivity index (χ4v) is 3.65. The highest BCUT2D eigenvalue weighted by atomic mass is 16.3. The van der Waals surface area contributed by atoms with Crippen LogP contribution in [0.4, 0.5) is 0 Å². The number of aryl methyl sites for hydroxylation is 3. The standard InChI is InChI=1S/C19H33N3O2/c1-14(2)12-18(23)17-7-10-21(11-8-17)19(24)6-5-9-22-16(4)13-15(3)20-22/h13-14,17-18,23H,5-12H2,1-4H3/t18-/m1/s1. The van der Waals surface area contributed by atoms with Crippen molar-refractivity contribution in [1.82, 2.24) is 14.7 Å². The predicted molar refractivity (Wildman–Crippen MR) is 95.7 cm³/mol. The van der Waals surface area contributed by atoms with Crippen LogP contribution in [0.5, 0.6) is 0 Å². The minimum Gasteiger partial charge on any atom is -0.393 e. The molecule has 0 aromatic carbocycles. The van der Waals surface area contributed by atoms with Crippen LogP contribution in [0.25, 0.3) is 0 Å². The van der Waals surface area contributed by atoms with Crippen molar-refractivity contribution < 1.29 is 9.90 Å². The Labute approximate surface area is 146 Å². The maximum Gasteiger partial charge on any atom is 0.222 e. The summed E-state index contributed by atoms with van der Waals surface area (Å²) in [6.45, 7) is 10.7. The Bertz CT molecular complexity index is 531. The van der Waals surface area contributed by atoms with E-state index in [0.29, 0.717) is 18.3 Å². The van der Waals surface area contributed by atoms with Gasteiger partial charge in [-0.05, 0) is 57.4 Å². The number of nitrogens with zero attached hydrogens (tertiary/aromatic N) is 3. The molecule has 5 heteroatoms. The van der Waals surface area contributed by atoms with Crippen LogP contribution in [-0.2, 0) is 11.3 Å². The molecule has 1 aromatic rings. The lowest BCUT2D eigenvalue weighted by atomic mass is 9.87. The molecule has 1 aromatic heterocycles. The summed E-state index contributed by atoms with van der Waals surface area (Å²) in [5.41, 5.74) is 2.18. The Morgan fingerprint density at radius 3 is 2.54 bits per heavy atom. The van der Waals surface area contributed by atoms with Crippen LogP contribution >= 0.6 is 0 Å². The SMILES string of the molecule is Cc1cc(C)n(CCCC(=O)N2CCC([C@H](O)CC(C)C)CC2)n1. The lowest BCUT2D eigenvalue weighted by Crippen LogP contribution is -2.41. The van der Waals surface area contributed by atoms with E-state index in [0.717, 1.165) is 56.7 Å². The highest BCUT2D eigenvalue weighted by Gasteiger charge is 2.27. The third-order valence-electron chi connectivity index (χ3n) is 5.01. The molecular weight excluding hydrogens is 302 g/mol. The Balaban J connectivity index is 1.70. The van der Waals surface area contributed by atoms with Gasteiger partial charge in [0, 0.05) is 31.7 Å². The molecule has 1 aliphatic heterocycles. The van der Waals surface area contributed by atoms with Crippen LogP contribution in [0.2, 0.25) is 0 Å². The monoisotopic (exact) mass is 335 g/mol. The molecule has 1 saturated heterocycles. The summed E-state index contributed by atoms with van der Waals surface area (Å²) in [6, 6.07) is 2.06. The molecule has 1 fully saturated rings. The average molecular weight is 335 g/mol. The van der Waals surface area contributed by atoms with E-state index in [1.165, 1.54) is 0 Å². The van der Waals surface area contributed by atoms with Crippen molar-refractivity contribution in [3.8, 4) is 0 Å². The fraction of sp³-hybridized carbons (Fsp3) is 0.789.